The molecule has 9 rings (SSSR count). The Hall–Kier alpha value is -6.07. The van der Waals surface area contributed by atoms with Crippen molar-refractivity contribution < 1.29 is 50.8 Å². The van der Waals surface area contributed by atoms with E-state index in [4.69, 9.17) is 7.16 Å². The van der Waals surface area contributed by atoms with Gasteiger partial charge in [-0.15, -0.1) is 90.0 Å². The molecule has 0 fully saturated rings. The van der Waals surface area contributed by atoms with Crippen molar-refractivity contribution in [2.24, 2.45) is 5.41 Å². The maximum absolute atomic E-state index is 14.8. The van der Waals surface area contributed by atoms with Gasteiger partial charge < -0.3 is 19.4 Å². The second-order valence-electron chi connectivity index (χ2n) is 15.1. The molecule has 0 aliphatic heterocycles. The smallest absolute Gasteiger partial charge is 0.500 e. The maximum atomic E-state index is 14.8. The molecule has 0 N–H and O–H groups in total. The fourth-order valence-electron chi connectivity index (χ4n) is 6.61. The molecule has 5 aromatic carbocycles. The zero-order valence-corrected chi connectivity index (χ0v) is 36.1. The largest absolute Gasteiger partial charge is 3.00 e. The SMILES string of the molecule is [2H]c1cc2c(oc3c(-c4cc(C([2H])([2H])C(C)(C)C)c(C([2H])([2H])C([2H])([2H])c5cc(C([2H])([2H])C([2H])([2H])c6ccc(-c7[c-]cccc7)nc6)cc(C([2H])([2H])C([2H])([2H])c6ccc(-c7[c-]cccc7)nc6)c5)cn4)[c-]ccc32)c([2H])c1F.[Ir+3]. The summed E-state index contributed by atoms with van der Waals surface area (Å²) in [6, 6.07) is 35.3. The van der Waals surface area contributed by atoms with Crippen molar-refractivity contribution in [2.75, 3.05) is 0 Å². The van der Waals surface area contributed by atoms with Crippen LogP contribution in [0.5, 0.6) is 0 Å². The van der Waals surface area contributed by atoms with Gasteiger partial charge >= 0.3 is 20.1 Å². The van der Waals surface area contributed by atoms with Crippen molar-refractivity contribution >= 4 is 21.9 Å². The van der Waals surface area contributed by atoms with E-state index in [1.54, 1.807) is 75.4 Å². The van der Waals surface area contributed by atoms with Crippen molar-refractivity contribution in [3.05, 3.63) is 209 Å². The van der Waals surface area contributed by atoms with Crippen molar-refractivity contribution in [1.82, 2.24) is 15.0 Å². The zero-order chi connectivity index (χ0) is 56.1. The molecule has 0 saturated carbocycles. The maximum Gasteiger partial charge on any atom is 3.00 e. The van der Waals surface area contributed by atoms with Crippen molar-refractivity contribution in [1.29, 1.82) is 0 Å². The van der Waals surface area contributed by atoms with Gasteiger partial charge in [-0.1, -0.05) is 80.3 Å². The number of hydrogen-bond donors (Lipinski definition) is 0. The van der Waals surface area contributed by atoms with Gasteiger partial charge in [0.15, 0.2) is 0 Å². The summed E-state index contributed by atoms with van der Waals surface area (Å²) in [4.78, 5) is 13.2. The quantitative estimate of drug-likeness (QED) is 0.108. The number of nitrogens with zero attached hydrogens (tertiary/aromatic N) is 3. The Labute approximate surface area is 400 Å². The zero-order valence-electron chi connectivity index (χ0n) is 49.7. The fraction of sp³-hybridized carbons (Fsp3) is 0.196. The Balaban J connectivity index is 0.00000803. The van der Waals surface area contributed by atoms with Crippen LogP contribution in [0.15, 0.2) is 150 Å². The van der Waals surface area contributed by atoms with Crippen LogP contribution in [0.25, 0.3) is 55.7 Å². The summed E-state index contributed by atoms with van der Waals surface area (Å²) in [7, 11) is 0. The van der Waals surface area contributed by atoms with Crippen molar-refractivity contribution in [3.8, 4) is 33.8 Å². The van der Waals surface area contributed by atoms with Crippen LogP contribution in [0.4, 0.5) is 4.39 Å². The molecule has 4 heterocycles. The van der Waals surface area contributed by atoms with E-state index < -0.39 is 95.7 Å². The van der Waals surface area contributed by atoms with Crippen LogP contribution in [0.1, 0.15) is 81.6 Å². The number of hydrogen-bond acceptors (Lipinski definition) is 4. The van der Waals surface area contributed by atoms with E-state index in [9.17, 15) is 23.6 Å². The van der Waals surface area contributed by atoms with Crippen LogP contribution >= 0.6 is 0 Å². The fourth-order valence-corrected chi connectivity index (χ4v) is 6.61. The van der Waals surface area contributed by atoms with Crippen LogP contribution in [-0.4, -0.2) is 15.0 Å². The molecule has 9 aromatic rings. The van der Waals surface area contributed by atoms with E-state index in [1.807, 2.05) is 0 Å². The summed E-state index contributed by atoms with van der Waals surface area (Å²) in [5.74, 6) is -1.11. The number of rotatable bonds is 13. The van der Waals surface area contributed by atoms with Crippen LogP contribution in [0, 0.1) is 29.4 Å². The van der Waals surface area contributed by atoms with Gasteiger partial charge in [0.25, 0.3) is 0 Å². The molecular weight excluding hydrogens is 942 g/mol. The van der Waals surface area contributed by atoms with Crippen LogP contribution in [0.3, 0.4) is 0 Å². The van der Waals surface area contributed by atoms with Gasteiger partial charge in [-0.05, 0) is 118 Å². The van der Waals surface area contributed by atoms with Gasteiger partial charge in [0.2, 0.25) is 0 Å². The molecule has 4 aromatic heterocycles. The summed E-state index contributed by atoms with van der Waals surface area (Å²) < 4.78 is 170. The van der Waals surface area contributed by atoms with Gasteiger partial charge in [-0.25, -0.2) is 4.39 Å². The normalized spacial score (nSPS) is 17.0. The number of fused-ring (bicyclic) bond motifs is 3. The monoisotopic (exact) mass is 1010 g/mol. The molecule has 4 nitrogen and oxygen atoms in total. The van der Waals surface area contributed by atoms with E-state index in [0.717, 1.165) is 36.8 Å². The summed E-state index contributed by atoms with van der Waals surface area (Å²) in [5.41, 5.74) is -3.15. The van der Waals surface area contributed by atoms with E-state index in [0.29, 0.717) is 27.9 Å². The first-order chi connectivity index (χ1) is 35.9. The number of pyridine rings is 3. The molecule has 6 heteroatoms. The minimum atomic E-state index is -3.41. The predicted molar refractivity (Wildman–Crippen MR) is 245 cm³/mol. The Bertz CT molecular complexity index is 3580. The average molecular weight is 1010 g/mol. The standard InChI is InChI=1S/C56H47FN3O.Ir/c1-56(2,3)34-46-32-53(50-16-10-15-49-48-26-25-47(57)33-54(48)61-55(49)50)60-37-45(46)24-21-42-30-40(19-17-38-22-27-51(58-35-38)43-11-6-4-7-12-43)29-41(31-42)20-18-39-23-28-52(59-36-39)44-13-8-5-9-14-44;/h4-11,13,15,22-23,25-33,35-37H,17-21,24,34H2,1-3H3;/q-3;+3/i17D2,18D2,19D2,20D2,21D2,24D2,25D,33D,34D2;. The van der Waals surface area contributed by atoms with E-state index in [-0.39, 0.29) is 59.0 Å². The van der Waals surface area contributed by atoms with Crippen LogP contribution in [0.2, 0.25) is 0 Å². The minimum absolute atomic E-state index is 0. The molecular formula is C56H47FIrN3O. The summed E-state index contributed by atoms with van der Waals surface area (Å²) >= 11 is 0. The molecule has 0 saturated heterocycles. The molecule has 0 radical (unpaired) electrons. The molecule has 0 atom stereocenters. The summed E-state index contributed by atoms with van der Waals surface area (Å²) in [5, 5.41) is 0.582. The molecule has 308 valence electrons. The molecule has 62 heavy (non-hydrogen) atoms. The molecule has 0 aliphatic rings. The Morgan fingerprint density at radius 2 is 1.18 bits per heavy atom. The molecule has 0 bridgehead atoms. The first kappa shape index (κ1) is 27.1. The van der Waals surface area contributed by atoms with E-state index in [1.165, 1.54) is 42.5 Å². The van der Waals surface area contributed by atoms with Gasteiger partial charge in [0.1, 0.15) is 11.4 Å². The second-order valence-corrected chi connectivity index (χ2v) is 15.1. The van der Waals surface area contributed by atoms with Crippen LogP contribution in [-0.2, 0) is 64.7 Å². The van der Waals surface area contributed by atoms with Gasteiger partial charge in [0.05, 0.1) is 8.32 Å². The summed E-state index contributed by atoms with van der Waals surface area (Å²) in [6.45, 7) is 4.64. The first-order valence-electron chi connectivity index (χ1n) is 27.4. The van der Waals surface area contributed by atoms with Crippen molar-refractivity contribution in [2.45, 2.75) is 65.4 Å². The van der Waals surface area contributed by atoms with Crippen molar-refractivity contribution in [3.63, 3.8) is 0 Å². The van der Waals surface area contributed by atoms with E-state index in [2.05, 4.69) is 33.2 Å². The Morgan fingerprint density at radius 3 is 1.73 bits per heavy atom. The first-order valence-corrected chi connectivity index (χ1v) is 19.4. The van der Waals surface area contributed by atoms with Crippen LogP contribution < -0.4 is 0 Å². The third kappa shape index (κ3) is 10.2. The number of halogens is 1. The summed E-state index contributed by atoms with van der Waals surface area (Å²) in [6.07, 6.45) is -18.5. The molecule has 0 aliphatic carbocycles. The Kier molecular flexibility index (Phi) is 8.26. The van der Waals surface area contributed by atoms with E-state index >= 15 is 0 Å². The third-order valence-corrected chi connectivity index (χ3v) is 9.40. The minimum Gasteiger partial charge on any atom is -0.500 e. The average Bonchev–Trinajstić information content (AvgIpc) is 3.84. The molecule has 0 spiro atoms. The second kappa shape index (κ2) is 18.9. The van der Waals surface area contributed by atoms with Gasteiger partial charge in [0, 0.05) is 49.2 Å². The van der Waals surface area contributed by atoms with Gasteiger partial charge in [-0.2, -0.15) is 0 Å². The number of benzene rings is 5. The number of aromatic nitrogens is 3. The Morgan fingerprint density at radius 1 is 0.597 bits per heavy atom. The topological polar surface area (TPSA) is 51.8 Å². The third-order valence-electron chi connectivity index (χ3n) is 9.40. The predicted octanol–water partition coefficient (Wildman–Crippen LogP) is 13.3. The number of aryl methyl sites for hydroxylation is 6. The van der Waals surface area contributed by atoms with Gasteiger partial charge in [-0.3, -0.25) is 0 Å². The molecule has 0 unspecified atom stereocenters. The molecule has 0 amide bonds. The number of furan rings is 1.